The van der Waals surface area contributed by atoms with Crippen LogP contribution in [0.4, 0.5) is 0 Å². The van der Waals surface area contributed by atoms with Crippen LogP contribution in [0.2, 0.25) is 0 Å². The van der Waals surface area contributed by atoms with Gasteiger partial charge in [0.25, 0.3) is 0 Å². The quantitative estimate of drug-likeness (QED) is 0.269. The maximum atomic E-state index is 12.5. The van der Waals surface area contributed by atoms with E-state index in [0.29, 0.717) is 25.3 Å². The predicted octanol–water partition coefficient (Wildman–Crippen LogP) is 3.65. The second-order valence-electron chi connectivity index (χ2n) is 7.67. The van der Waals surface area contributed by atoms with Gasteiger partial charge in [-0.25, -0.2) is 0 Å². The lowest BCUT2D eigenvalue weighted by Crippen LogP contribution is -2.47. The first kappa shape index (κ1) is 24.9. The molecule has 1 atom stereocenters. The van der Waals surface area contributed by atoms with Crippen LogP contribution in [0.15, 0.2) is 24.3 Å². The molecule has 1 aromatic rings. The number of rotatable bonds is 14. The second-order valence-corrected chi connectivity index (χ2v) is 8.92. The minimum absolute atomic E-state index is 0.0442. The molecule has 6 heteroatoms. The first-order valence-corrected chi connectivity index (χ1v) is 11.5. The Hall–Kier alpha value is -1.15. The molecule has 1 rings (SSSR count). The van der Waals surface area contributed by atoms with Crippen LogP contribution in [0.5, 0.6) is 0 Å². The highest BCUT2D eigenvalue weighted by molar-refractivity contribution is 14.1. The molecule has 0 saturated heterocycles. The summed E-state index contributed by atoms with van der Waals surface area (Å²) in [6.07, 6.45) is 5.66. The van der Waals surface area contributed by atoms with Gasteiger partial charge in [0.05, 0.1) is 0 Å². The van der Waals surface area contributed by atoms with E-state index in [4.69, 9.17) is 0 Å². The van der Waals surface area contributed by atoms with E-state index in [1.165, 1.54) is 9.13 Å². The molecule has 0 heterocycles. The largest absolute Gasteiger partial charge is 0.354 e. The van der Waals surface area contributed by atoms with Gasteiger partial charge in [-0.2, -0.15) is 0 Å². The molecule has 0 aliphatic carbocycles. The van der Waals surface area contributed by atoms with Crippen molar-refractivity contribution < 1.29 is 9.59 Å². The van der Waals surface area contributed by atoms with Gasteiger partial charge in [-0.15, -0.1) is 0 Å². The summed E-state index contributed by atoms with van der Waals surface area (Å²) in [6.45, 7) is 5.86. The molecular weight excluding hydrogens is 465 g/mol. The topological polar surface area (TPSA) is 70.2 Å². The highest BCUT2D eigenvalue weighted by atomic mass is 127. The summed E-state index contributed by atoms with van der Waals surface area (Å²) in [5, 5.41) is 9.02. The minimum Gasteiger partial charge on any atom is -0.354 e. The Labute approximate surface area is 184 Å². The second kappa shape index (κ2) is 14.8. The van der Waals surface area contributed by atoms with Crippen molar-refractivity contribution in [2.75, 3.05) is 20.1 Å². The van der Waals surface area contributed by atoms with E-state index in [1.807, 2.05) is 7.05 Å². The molecule has 0 spiro atoms. The molecule has 2 amide bonds. The molecule has 0 fully saturated rings. The third-order valence-corrected chi connectivity index (χ3v) is 5.33. The lowest BCUT2D eigenvalue weighted by Gasteiger charge is -2.19. The number of carbonyl (C=O) groups excluding carboxylic acids is 2. The normalized spacial score (nSPS) is 12.0. The lowest BCUT2D eigenvalue weighted by atomic mass is 10.1. The highest BCUT2D eigenvalue weighted by Crippen LogP contribution is 2.10. The zero-order valence-electron chi connectivity index (χ0n) is 17.5. The highest BCUT2D eigenvalue weighted by Gasteiger charge is 2.19. The molecule has 3 N–H and O–H groups in total. The first-order chi connectivity index (χ1) is 13.4. The lowest BCUT2D eigenvalue weighted by molar-refractivity contribution is -0.129. The Morgan fingerprint density at radius 3 is 2.32 bits per heavy atom. The molecule has 0 saturated carbocycles. The molecule has 0 aliphatic heterocycles. The van der Waals surface area contributed by atoms with Gasteiger partial charge in [0, 0.05) is 16.5 Å². The zero-order chi connectivity index (χ0) is 20.8. The maximum Gasteiger partial charge on any atom is 0.242 e. The molecule has 5 nitrogen and oxygen atoms in total. The molecule has 0 aromatic heterocycles. The standard InChI is InChI=1S/C22H36IN3O2/c1-17(2)7-5-16-25-22(28)20(9-6-15-24-3)26-21(27)10-4-8-18-11-13-19(23)14-12-18/h11-14,17,20,24H,4-10,15-16H2,1-3H3,(H,25,28)(H,26,27)/t20-/m1/s1. The van der Waals surface area contributed by atoms with E-state index < -0.39 is 6.04 Å². The van der Waals surface area contributed by atoms with Crippen molar-refractivity contribution in [3.05, 3.63) is 33.4 Å². The molecule has 1 aromatic carbocycles. The number of hydrogen-bond acceptors (Lipinski definition) is 3. The molecule has 0 aliphatic rings. The summed E-state index contributed by atoms with van der Waals surface area (Å²) in [5.74, 6) is 0.527. The molecule has 158 valence electrons. The number of nitrogens with one attached hydrogen (secondary N) is 3. The molecule has 0 bridgehead atoms. The van der Waals surface area contributed by atoms with Gasteiger partial charge in [0.1, 0.15) is 6.04 Å². The van der Waals surface area contributed by atoms with Gasteiger partial charge in [-0.3, -0.25) is 9.59 Å². The summed E-state index contributed by atoms with van der Waals surface area (Å²) < 4.78 is 1.21. The van der Waals surface area contributed by atoms with Crippen molar-refractivity contribution in [2.45, 2.75) is 64.8 Å². The summed E-state index contributed by atoms with van der Waals surface area (Å²) in [5.41, 5.74) is 1.24. The van der Waals surface area contributed by atoms with E-state index in [-0.39, 0.29) is 11.8 Å². The van der Waals surface area contributed by atoms with Crippen LogP contribution in [-0.2, 0) is 16.0 Å². The molecule has 0 radical (unpaired) electrons. The Balaban J connectivity index is 2.41. The Morgan fingerprint density at radius 1 is 1.00 bits per heavy atom. The van der Waals surface area contributed by atoms with Crippen LogP contribution in [0, 0.1) is 9.49 Å². The van der Waals surface area contributed by atoms with Crippen molar-refractivity contribution in [3.8, 4) is 0 Å². The van der Waals surface area contributed by atoms with Crippen molar-refractivity contribution >= 4 is 34.4 Å². The van der Waals surface area contributed by atoms with Crippen molar-refractivity contribution in [3.63, 3.8) is 0 Å². The number of hydrogen-bond donors (Lipinski definition) is 3. The number of halogens is 1. The minimum atomic E-state index is -0.446. The van der Waals surface area contributed by atoms with Crippen LogP contribution in [0.1, 0.15) is 57.9 Å². The van der Waals surface area contributed by atoms with Crippen LogP contribution in [0.3, 0.4) is 0 Å². The van der Waals surface area contributed by atoms with Crippen molar-refractivity contribution in [2.24, 2.45) is 5.92 Å². The van der Waals surface area contributed by atoms with Crippen LogP contribution in [-0.4, -0.2) is 38.0 Å². The average Bonchev–Trinajstić information content (AvgIpc) is 2.66. The van der Waals surface area contributed by atoms with Gasteiger partial charge < -0.3 is 16.0 Å². The maximum absolute atomic E-state index is 12.5. The summed E-state index contributed by atoms with van der Waals surface area (Å²) in [6, 6.07) is 7.92. The van der Waals surface area contributed by atoms with E-state index in [2.05, 4.69) is 76.7 Å². The third kappa shape index (κ3) is 11.6. The van der Waals surface area contributed by atoms with E-state index in [0.717, 1.165) is 38.6 Å². The van der Waals surface area contributed by atoms with Crippen LogP contribution in [0.25, 0.3) is 0 Å². The predicted molar refractivity (Wildman–Crippen MR) is 124 cm³/mol. The van der Waals surface area contributed by atoms with E-state index in [1.54, 1.807) is 0 Å². The molecule has 0 unspecified atom stereocenters. The summed E-state index contributed by atoms with van der Waals surface area (Å²) in [7, 11) is 1.89. The van der Waals surface area contributed by atoms with Crippen molar-refractivity contribution in [1.82, 2.24) is 16.0 Å². The van der Waals surface area contributed by atoms with Gasteiger partial charge in [-0.05, 0) is 98.3 Å². The number of amides is 2. The van der Waals surface area contributed by atoms with E-state index >= 15 is 0 Å². The molecular formula is C22H36IN3O2. The summed E-state index contributed by atoms with van der Waals surface area (Å²) >= 11 is 2.29. The SMILES string of the molecule is CNCCC[C@@H](NC(=O)CCCc1ccc(I)cc1)C(=O)NCCCC(C)C. The Kier molecular flexibility index (Phi) is 13.1. The third-order valence-electron chi connectivity index (χ3n) is 4.61. The smallest absolute Gasteiger partial charge is 0.242 e. The fourth-order valence-electron chi connectivity index (χ4n) is 2.97. The molecule has 28 heavy (non-hydrogen) atoms. The zero-order valence-corrected chi connectivity index (χ0v) is 19.7. The fourth-order valence-corrected chi connectivity index (χ4v) is 3.33. The van der Waals surface area contributed by atoms with Gasteiger partial charge in [-0.1, -0.05) is 26.0 Å². The summed E-state index contributed by atoms with van der Waals surface area (Å²) in [4.78, 5) is 24.8. The number of carbonyl (C=O) groups is 2. The van der Waals surface area contributed by atoms with E-state index in [9.17, 15) is 9.59 Å². The van der Waals surface area contributed by atoms with Gasteiger partial charge in [0.2, 0.25) is 11.8 Å². The van der Waals surface area contributed by atoms with Crippen molar-refractivity contribution in [1.29, 1.82) is 0 Å². The van der Waals surface area contributed by atoms with Gasteiger partial charge in [0.15, 0.2) is 0 Å². The van der Waals surface area contributed by atoms with Crippen LogP contribution < -0.4 is 16.0 Å². The van der Waals surface area contributed by atoms with Crippen LogP contribution >= 0.6 is 22.6 Å². The Bertz CT molecular complexity index is 576. The Morgan fingerprint density at radius 2 is 1.68 bits per heavy atom. The number of aryl methyl sites for hydroxylation is 1. The monoisotopic (exact) mass is 501 g/mol. The fraction of sp³-hybridized carbons (Fsp3) is 0.636. The van der Waals surface area contributed by atoms with Gasteiger partial charge >= 0.3 is 0 Å². The first-order valence-electron chi connectivity index (χ1n) is 10.4. The average molecular weight is 501 g/mol. The number of benzene rings is 1.